The molecule has 0 saturated heterocycles. The fraction of sp³-hybridized carbons (Fsp3) is 0.538. The molecule has 0 aliphatic rings. The second-order valence-corrected chi connectivity index (χ2v) is 3.98. The van der Waals surface area contributed by atoms with Gasteiger partial charge in [-0.25, -0.2) is 0 Å². The Balaban J connectivity index is 2.67. The maximum Gasteiger partial charge on any atom is 0.323 e. The Morgan fingerprint density at radius 1 is 1.61 bits per heavy atom. The molecule has 0 spiro atoms. The van der Waals surface area contributed by atoms with Gasteiger partial charge in [-0.15, -0.1) is 0 Å². The lowest BCUT2D eigenvalue weighted by Gasteiger charge is -2.26. The van der Waals surface area contributed by atoms with Gasteiger partial charge in [-0.05, 0) is 25.5 Å². The monoisotopic (exact) mass is 252 g/mol. The zero-order valence-corrected chi connectivity index (χ0v) is 10.9. The third-order valence-electron chi connectivity index (χ3n) is 2.67. The van der Waals surface area contributed by atoms with Gasteiger partial charge in [0.1, 0.15) is 6.04 Å². The van der Waals surface area contributed by atoms with Crippen LogP contribution >= 0.6 is 0 Å². The Bertz CT molecular complexity index is 357. The van der Waals surface area contributed by atoms with E-state index in [0.717, 1.165) is 5.56 Å². The summed E-state index contributed by atoms with van der Waals surface area (Å²) in [4.78, 5) is 17.6. The van der Waals surface area contributed by atoms with Crippen LogP contribution in [-0.4, -0.2) is 46.8 Å². The average Bonchev–Trinajstić information content (AvgIpc) is 2.39. The van der Waals surface area contributed by atoms with Crippen molar-refractivity contribution in [1.82, 2.24) is 9.88 Å². The summed E-state index contributed by atoms with van der Waals surface area (Å²) < 4.78 is 4.99. The minimum Gasteiger partial charge on any atom is -0.465 e. The number of hydrogen-bond acceptors (Lipinski definition) is 5. The summed E-state index contributed by atoms with van der Waals surface area (Å²) in [6.45, 7) is 4.92. The maximum absolute atomic E-state index is 11.7. The smallest absolute Gasteiger partial charge is 0.323 e. The highest BCUT2D eigenvalue weighted by Crippen LogP contribution is 2.08. The number of esters is 1. The molecule has 1 unspecified atom stereocenters. The van der Waals surface area contributed by atoms with Gasteiger partial charge in [0.25, 0.3) is 0 Å². The third kappa shape index (κ3) is 4.43. The van der Waals surface area contributed by atoms with Crippen molar-refractivity contribution in [3.8, 4) is 0 Å². The molecule has 18 heavy (non-hydrogen) atoms. The Morgan fingerprint density at radius 2 is 2.39 bits per heavy atom. The zero-order valence-electron chi connectivity index (χ0n) is 10.9. The second-order valence-electron chi connectivity index (χ2n) is 3.98. The molecule has 0 amide bonds. The molecule has 1 aromatic heterocycles. The molecule has 0 aliphatic carbocycles. The van der Waals surface area contributed by atoms with Crippen LogP contribution in [0.1, 0.15) is 19.4 Å². The van der Waals surface area contributed by atoms with Crippen molar-refractivity contribution in [2.75, 3.05) is 19.8 Å². The van der Waals surface area contributed by atoms with Crippen LogP contribution in [0, 0.1) is 0 Å². The predicted molar refractivity (Wildman–Crippen MR) is 67.8 cm³/mol. The molecule has 0 radical (unpaired) electrons. The molecule has 0 aromatic carbocycles. The van der Waals surface area contributed by atoms with E-state index in [9.17, 15) is 4.79 Å². The van der Waals surface area contributed by atoms with Crippen molar-refractivity contribution in [3.05, 3.63) is 30.1 Å². The van der Waals surface area contributed by atoms with Crippen LogP contribution in [0.2, 0.25) is 0 Å². The molecule has 0 aliphatic heterocycles. The van der Waals surface area contributed by atoms with Gasteiger partial charge in [-0.3, -0.25) is 14.7 Å². The molecule has 0 saturated carbocycles. The van der Waals surface area contributed by atoms with Gasteiger partial charge < -0.3 is 9.84 Å². The molecule has 1 aromatic rings. The Kier molecular flexibility index (Phi) is 6.32. The highest BCUT2D eigenvalue weighted by Gasteiger charge is 2.22. The van der Waals surface area contributed by atoms with Crippen LogP contribution in [-0.2, 0) is 16.1 Å². The first-order valence-electron chi connectivity index (χ1n) is 6.09. The summed E-state index contributed by atoms with van der Waals surface area (Å²) in [7, 11) is 0. The zero-order chi connectivity index (χ0) is 13.4. The minimum atomic E-state index is -0.377. The molecular formula is C13H20N2O3. The van der Waals surface area contributed by atoms with Crippen molar-refractivity contribution < 1.29 is 14.6 Å². The lowest BCUT2D eigenvalue weighted by Crippen LogP contribution is -2.41. The minimum absolute atomic E-state index is 0.00398. The maximum atomic E-state index is 11.7. The third-order valence-corrected chi connectivity index (χ3v) is 2.67. The highest BCUT2D eigenvalue weighted by molar-refractivity contribution is 5.75. The van der Waals surface area contributed by atoms with Gasteiger partial charge in [0.2, 0.25) is 0 Å². The van der Waals surface area contributed by atoms with E-state index in [0.29, 0.717) is 19.7 Å². The molecular weight excluding hydrogens is 232 g/mol. The van der Waals surface area contributed by atoms with E-state index in [4.69, 9.17) is 9.84 Å². The van der Waals surface area contributed by atoms with Crippen LogP contribution < -0.4 is 0 Å². The van der Waals surface area contributed by atoms with E-state index in [1.807, 2.05) is 17.0 Å². The fourth-order valence-electron chi connectivity index (χ4n) is 1.68. The summed E-state index contributed by atoms with van der Waals surface area (Å²) in [6, 6.07) is 3.41. The molecule has 5 nitrogen and oxygen atoms in total. The predicted octanol–water partition coefficient (Wildman–Crippen LogP) is 0.827. The second kappa shape index (κ2) is 7.79. The Hall–Kier alpha value is -1.46. The number of aliphatic hydroxyl groups is 1. The molecule has 100 valence electrons. The molecule has 1 N–H and O–H groups in total. The first-order chi connectivity index (χ1) is 8.69. The van der Waals surface area contributed by atoms with Crippen molar-refractivity contribution in [2.45, 2.75) is 26.4 Å². The molecule has 0 fully saturated rings. The molecule has 5 heteroatoms. The van der Waals surface area contributed by atoms with E-state index in [2.05, 4.69) is 4.98 Å². The van der Waals surface area contributed by atoms with Crippen LogP contribution in [0.3, 0.4) is 0 Å². The average molecular weight is 252 g/mol. The van der Waals surface area contributed by atoms with E-state index >= 15 is 0 Å². The first-order valence-corrected chi connectivity index (χ1v) is 6.09. The lowest BCUT2D eigenvalue weighted by molar-refractivity contribution is -0.149. The van der Waals surface area contributed by atoms with Gasteiger partial charge >= 0.3 is 5.97 Å². The lowest BCUT2D eigenvalue weighted by atomic mass is 10.2. The number of nitrogens with zero attached hydrogens (tertiary/aromatic N) is 2. The highest BCUT2D eigenvalue weighted by atomic mass is 16.5. The number of aromatic nitrogens is 1. The SMILES string of the molecule is CCOC(=O)C(C)N(CCO)Cc1cccnc1. The van der Waals surface area contributed by atoms with Crippen molar-refractivity contribution in [2.24, 2.45) is 0 Å². The van der Waals surface area contributed by atoms with E-state index in [1.54, 1.807) is 26.2 Å². The van der Waals surface area contributed by atoms with Gasteiger partial charge in [0, 0.05) is 25.5 Å². The standard InChI is InChI=1S/C13H20N2O3/c1-3-18-13(17)11(2)15(7-8-16)10-12-5-4-6-14-9-12/h4-6,9,11,16H,3,7-8,10H2,1-2H3. The van der Waals surface area contributed by atoms with E-state index < -0.39 is 0 Å². The summed E-state index contributed by atoms with van der Waals surface area (Å²) in [5.74, 6) is -0.269. The molecule has 1 atom stereocenters. The Labute approximate surface area is 107 Å². The number of aliphatic hydroxyl groups excluding tert-OH is 1. The van der Waals surface area contributed by atoms with Gasteiger partial charge in [0.15, 0.2) is 0 Å². The Morgan fingerprint density at radius 3 is 2.94 bits per heavy atom. The number of hydrogen-bond donors (Lipinski definition) is 1. The summed E-state index contributed by atoms with van der Waals surface area (Å²) in [5.41, 5.74) is 1.00. The fourth-order valence-corrected chi connectivity index (χ4v) is 1.68. The molecule has 1 heterocycles. The van der Waals surface area contributed by atoms with Crippen LogP contribution in [0.5, 0.6) is 0 Å². The number of carbonyl (C=O) groups is 1. The van der Waals surface area contributed by atoms with E-state index in [-0.39, 0.29) is 18.6 Å². The number of ether oxygens (including phenoxy) is 1. The van der Waals surface area contributed by atoms with Gasteiger partial charge in [0.05, 0.1) is 13.2 Å². The molecule has 0 bridgehead atoms. The largest absolute Gasteiger partial charge is 0.465 e. The number of rotatable bonds is 7. The van der Waals surface area contributed by atoms with Crippen molar-refractivity contribution in [1.29, 1.82) is 0 Å². The molecule has 1 rings (SSSR count). The quantitative estimate of drug-likeness (QED) is 0.728. The van der Waals surface area contributed by atoms with Crippen molar-refractivity contribution >= 4 is 5.97 Å². The topological polar surface area (TPSA) is 62.7 Å². The van der Waals surface area contributed by atoms with Crippen LogP contribution in [0.15, 0.2) is 24.5 Å². The van der Waals surface area contributed by atoms with Gasteiger partial charge in [-0.1, -0.05) is 6.07 Å². The summed E-state index contributed by atoms with van der Waals surface area (Å²) in [5, 5.41) is 9.07. The first kappa shape index (κ1) is 14.6. The number of pyridine rings is 1. The number of carbonyl (C=O) groups excluding carboxylic acids is 1. The van der Waals surface area contributed by atoms with E-state index in [1.165, 1.54) is 0 Å². The summed E-state index contributed by atoms with van der Waals surface area (Å²) in [6.07, 6.45) is 3.46. The normalized spacial score (nSPS) is 12.4. The van der Waals surface area contributed by atoms with Crippen molar-refractivity contribution in [3.63, 3.8) is 0 Å². The summed E-state index contributed by atoms with van der Waals surface area (Å²) >= 11 is 0. The van der Waals surface area contributed by atoms with Crippen LogP contribution in [0.25, 0.3) is 0 Å². The van der Waals surface area contributed by atoms with Crippen LogP contribution in [0.4, 0.5) is 0 Å². The van der Waals surface area contributed by atoms with Gasteiger partial charge in [-0.2, -0.15) is 0 Å².